The molecule has 1 aliphatic rings. The van der Waals surface area contributed by atoms with Gasteiger partial charge in [-0.15, -0.1) is 5.10 Å². The number of amides is 2. The van der Waals surface area contributed by atoms with Crippen LogP contribution in [0.3, 0.4) is 0 Å². The second-order valence-corrected chi connectivity index (χ2v) is 6.14. The van der Waals surface area contributed by atoms with E-state index in [4.69, 9.17) is 0 Å². The molecule has 2 aromatic rings. The van der Waals surface area contributed by atoms with Crippen molar-refractivity contribution in [1.29, 1.82) is 0 Å². The van der Waals surface area contributed by atoms with Crippen LogP contribution in [0, 0.1) is 6.92 Å². The Morgan fingerprint density at radius 3 is 2.62 bits per heavy atom. The van der Waals surface area contributed by atoms with Gasteiger partial charge in [-0.25, -0.2) is 9.48 Å². The van der Waals surface area contributed by atoms with Gasteiger partial charge in [-0.05, 0) is 42.0 Å². The van der Waals surface area contributed by atoms with Crippen LogP contribution in [0.1, 0.15) is 24.4 Å². The van der Waals surface area contributed by atoms with E-state index in [9.17, 15) is 4.79 Å². The highest BCUT2D eigenvalue weighted by atomic mass is 16.2. The Hall–Kier alpha value is -2.64. The van der Waals surface area contributed by atoms with E-state index in [1.807, 2.05) is 11.8 Å². The van der Waals surface area contributed by atoms with Crippen molar-refractivity contribution in [2.45, 2.75) is 19.9 Å². The lowest BCUT2D eigenvalue weighted by molar-refractivity contribution is 0.190. The Bertz CT molecular complexity index is 706. The molecule has 1 saturated heterocycles. The molecule has 8 nitrogen and oxygen atoms in total. The van der Waals surface area contributed by atoms with E-state index >= 15 is 0 Å². The number of aryl methyl sites for hydroxylation is 2. The summed E-state index contributed by atoms with van der Waals surface area (Å²) in [6.07, 6.45) is 0. The SMILES string of the molecule is Cc1cccc(N2CCN(C(=O)N[C@H](C)c3nnnn3C)CC2)c1. The minimum Gasteiger partial charge on any atom is -0.368 e. The molecule has 3 rings (SSSR count). The second kappa shape index (κ2) is 6.86. The summed E-state index contributed by atoms with van der Waals surface area (Å²) in [6.45, 7) is 7.03. The van der Waals surface area contributed by atoms with Crippen LogP contribution in [-0.2, 0) is 7.05 Å². The number of rotatable bonds is 3. The Labute approximate surface area is 141 Å². The Morgan fingerprint density at radius 2 is 2.00 bits per heavy atom. The molecule has 0 aliphatic carbocycles. The number of hydrogen-bond donors (Lipinski definition) is 1. The van der Waals surface area contributed by atoms with Crippen molar-refractivity contribution < 1.29 is 4.79 Å². The lowest BCUT2D eigenvalue weighted by Crippen LogP contribution is -2.52. The van der Waals surface area contributed by atoms with Crippen molar-refractivity contribution in [2.24, 2.45) is 7.05 Å². The van der Waals surface area contributed by atoms with Gasteiger partial charge in [0.05, 0.1) is 6.04 Å². The van der Waals surface area contributed by atoms with Crippen LogP contribution in [0.2, 0.25) is 0 Å². The Kier molecular flexibility index (Phi) is 4.64. The van der Waals surface area contributed by atoms with Gasteiger partial charge in [-0.3, -0.25) is 0 Å². The summed E-state index contributed by atoms with van der Waals surface area (Å²) in [5.41, 5.74) is 2.47. The summed E-state index contributed by atoms with van der Waals surface area (Å²) in [4.78, 5) is 16.6. The molecule has 1 aliphatic heterocycles. The average molecular weight is 329 g/mol. The molecule has 0 unspecified atom stereocenters. The van der Waals surface area contributed by atoms with Crippen LogP contribution in [0.4, 0.5) is 10.5 Å². The van der Waals surface area contributed by atoms with E-state index in [2.05, 4.69) is 56.9 Å². The zero-order valence-electron chi connectivity index (χ0n) is 14.3. The van der Waals surface area contributed by atoms with Gasteiger partial charge in [0.2, 0.25) is 0 Å². The molecule has 1 N–H and O–H groups in total. The summed E-state index contributed by atoms with van der Waals surface area (Å²) in [5, 5.41) is 14.3. The van der Waals surface area contributed by atoms with Gasteiger partial charge >= 0.3 is 6.03 Å². The van der Waals surface area contributed by atoms with Gasteiger partial charge in [0.15, 0.2) is 5.82 Å². The predicted octanol–water partition coefficient (Wildman–Crippen LogP) is 1.11. The fraction of sp³-hybridized carbons (Fsp3) is 0.500. The lowest BCUT2D eigenvalue weighted by atomic mass is 10.2. The van der Waals surface area contributed by atoms with Crippen LogP contribution in [0.25, 0.3) is 0 Å². The molecule has 2 heterocycles. The third-order valence-electron chi connectivity index (χ3n) is 4.31. The normalized spacial score (nSPS) is 16.1. The maximum atomic E-state index is 12.4. The highest BCUT2D eigenvalue weighted by Gasteiger charge is 2.23. The van der Waals surface area contributed by atoms with Gasteiger partial charge in [-0.1, -0.05) is 12.1 Å². The van der Waals surface area contributed by atoms with Crippen molar-refractivity contribution >= 4 is 11.7 Å². The number of nitrogens with one attached hydrogen (secondary N) is 1. The molecule has 128 valence electrons. The van der Waals surface area contributed by atoms with Gasteiger partial charge in [-0.2, -0.15) is 0 Å². The van der Waals surface area contributed by atoms with E-state index in [1.54, 1.807) is 11.7 Å². The number of benzene rings is 1. The van der Waals surface area contributed by atoms with E-state index < -0.39 is 0 Å². The fourth-order valence-corrected chi connectivity index (χ4v) is 2.94. The quantitative estimate of drug-likeness (QED) is 0.912. The number of piperazine rings is 1. The number of carbonyl (C=O) groups is 1. The van der Waals surface area contributed by atoms with E-state index in [0.29, 0.717) is 18.9 Å². The molecule has 1 atom stereocenters. The monoisotopic (exact) mass is 329 g/mol. The Balaban J connectivity index is 1.54. The predicted molar refractivity (Wildman–Crippen MR) is 90.7 cm³/mol. The average Bonchev–Trinajstić information content (AvgIpc) is 3.01. The first kappa shape index (κ1) is 16.2. The summed E-state index contributed by atoms with van der Waals surface area (Å²) < 4.78 is 1.57. The highest BCUT2D eigenvalue weighted by Crippen LogP contribution is 2.18. The number of hydrogen-bond acceptors (Lipinski definition) is 5. The Morgan fingerprint density at radius 1 is 1.25 bits per heavy atom. The topological polar surface area (TPSA) is 79.2 Å². The highest BCUT2D eigenvalue weighted by molar-refractivity contribution is 5.75. The number of aromatic nitrogens is 4. The molecule has 8 heteroatoms. The summed E-state index contributed by atoms with van der Waals surface area (Å²) in [5.74, 6) is 0.641. The van der Waals surface area contributed by atoms with Crippen LogP contribution in [0.5, 0.6) is 0 Å². The standard InChI is InChI=1S/C16H23N7O/c1-12-5-4-6-14(11-12)22-7-9-23(10-8-22)16(24)17-13(2)15-18-19-20-21(15)3/h4-6,11,13H,7-10H2,1-3H3,(H,17,24)/t13-/m1/s1. The molecule has 2 amide bonds. The van der Waals surface area contributed by atoms with Crippen LogP contribution in [0.15, 0.2) is 24.3 Å². The van der Waals surface area contributed by atoms with Gasteiger partial charge < -0.3 is 15.1 Å². The van der Waals surface area contributed by atoms with Gasteiger partial charge in [0.25, 0.3) is 0 Å². The van der Waals surface area contributed by atoms with Gasteiger partial charge in [0.1, 0.15) is 0 Å². The third-order valence-corrected chi connectivity index (χ3v) is 4.31. The van der Waals surface area contributed by atoms with Crippen molar-refractivity contribution in [2.75, 3.05) is 31.1 Å². The maximum Gasteiger partial charge on any atom is 0.318 e. The number of anilines is 1. The van der Waals surface area contributed by atoms with Crippen molar-refractivity contribution in [1.82, 2.24) is 30.4 Å². The van der Waals surface area contributed by atoms with E-state index in [1.165, 1.54) is 11.3 Å². The van der Waals surface area contributed by atoms with Crippen LogP contribution in [-0.4, -0.2) is 57.3 Å². The smallest absolute Gasteiger partial charge is 0.318 e. The van der Waals surface area contributed by atoms with Crippen LogP contribution >= 0.6 is 0 Å². The molecule has 0 radical (unpaired) electrons. The van der Waals surface area contributed by atoms with Crippen molar-refractivity contribution in [3.05, 3.63) is 35.7 Å². The van der Waals surface area contributed by atoms with E-state index in [0.717, 1.165) is 13.1 Å². The first-order chi connectivity index (χ1) is 11.5. The number of nitrogens with zero attached hydrogens (tertiary/aromatic N) is 6. The largest absolute Gasteiger partial charge is 0.368 e. The molecule has 24 heavy (non-hydrogen) atoms. The molecule has 1 fully saturated rings. The zero-order chi connectivity index (χ0) is 17.1. The second-order valence-electron chi connectivity index (χ2n) is 6.14. The molecule has 0 bridgehead atoms. The summed E-state index contributed by atoms with van der Waals surface area (Å²) in [6, 6.07) is 8.16. The van der Waals surface area contributed by atoms with Crippen molar-refractivity contribution in [3.8, 4) is 0 Å². The maximum absolute atomic E-state index is 12.4. The zero-order valence-corrected chi connectivity index (χ0v) is 14.3. The minimum atomic E-state index is -0.229. The molecule has 1 aromatic heterocycles. The first-order valence-corrected chi connectivity index (χ1v) is 8.14. The van der Waals surface area contributed by atoms with E-state index in [-0.39, 0.29) is 12.1 Å². The van der Waals surface area contributed by atoms with Crippen molar-refractivity contribution in [3.63, 3.8) is 0 Å². The summed E-state index contributed by atoms with van der Waals surface area (Å²) >= 11 is 0. The number of tetrazole rings is 1. The number of urea groups is 1. The fourth-order valence-electron chi connectivity index (χ4n) is 2.94. The molecule has 0 saturated carbocycles. The third kappa shape index (κ3) is 3.47. The molecular weight excluding hydrogens is 306 g/mol. The minimum absolute atomic E-state index is 0.0746. The van der Waals surface area contributed by atoms with Crippen LogP contribution < -0.4 is 10.2 Å². The first-order valence-electron chi connectivity index (χ1n) is 8.14. The number of carbonyl (C=O) groups excluding carboxylic acids is 1. The summed E-state index contributed by atoms with van der Waals surface area (Å²) in [7, 11) is 1.76. The molecule has 1 aromatic carbocycles. The lowest BCUT2D eigenvalue weighted by Gasteiger charge is -2.36. The molecular formula is C16H23N7O. The van der Waals surface area contributed by atoms with Gasteiger partial charge in [0, 0.05) is 38.9 Å². The molecule has 0 spiro atoms.